The van der Waals surface area contributed by atoms with E-state index in [0.29, 0.717) is 11.9 Å². The number of hydrogen-bond donors (Lipinski definition) is 1. The number of nitrogens with zero attached hydrogens (tertiary/aromatic N) is 4. The predicted octanol–water partition coefficient (Wildman–Crippen LogP) is 5.37. The Morgan fingerprint density at radius 2 is 1.89 bits per heavy atom. The maximum atomic E-state index is 13.0. The smallest absolute Gasteiger partial charge is 0.232 e. The molecule has 0 atom stereocenters. The Morgan fingerprint density at radius 1 is 1.26 bits per heavy atom. The highest BCUT2D eigenvalue weighted by Gasteiger charge is 2.30. The number of rotatable bonds is 10. The van der Waals surface area contributed by atoms with E-state index >= 15 is 0 Å². The van der Waals surface area contributed by atoms with E-state index in [-0.39, 0.29) is 5.91 Å². The number of anilines is 2. The molecule has 0 aliphatic carbocycles. The number of hydrogen-bond acceptors (Lipinski definition) is 6. The second-order valence-corrected chi connectivity index (χ2v) is 10.4. The molecule has 0 radical (unpaired) electrons. The molecule has 1 aliphatic rings. The molecule has 7 heteroatoms. The van der Waals surface area contributed by atoms with Crippen molar-refractivity contribution in [2.75, 3.05) is 51.6 Å². The van der Waals surface area contributed by atoms with Gasteiger partial charge in [0, 0.05) is 37.3 Å². The van der Waals surface area contributed by atoms with Crippen LogP contribution in [0, 0.1) is 5.41 Å². The van der Waals surface area contributed by atoms with Gasteiger partial charge in [0.1, 0.15) is 11.6 Å². The van der Waals surface area contributed by atoms with Crippen LogP contribution in [0.15, 0.2) is 46.9 Å². The summed E-state index contributed by atoms with van der Waals surface area (Å²) in [5.74, 6) is 1.27. The van der Waals surface area contributed by atoms with Crippen molar-refractivity contribution in [3.8, 4) is 5.75 Å². The van der Waals surface area contributed by atoms with Crippen LogP contribution >= 0.6 is 0 Å². The van der Waals surface area contributed by atoms with E-state index in [0.717, 1.165) is 60.7 Å². The van der Waals surface area contributed by atoms with Crippen molar-refractivity contribution in [3.05, 3.63) is 41.9 Å². The van der Waals surface area contributed by atoms with Crippen LogP contribution in [0.4, 0.5) is 11.4 Å². The Labute approximate surface area is 212 Å². The number of methoxy groups -OCH3 is 1. The highest BCUT2D eigenvalue weighted by Crippen LogP contribution is 2.32. The molecule has 0 unspecified atom stereocenters. The maximum Gasteiger partial charge on any atom is 0.232 e. The van der Waals surface area contributed by atoms with E-state index in [9.17, 15) is 4.79 Å². The van der Waals surface area contributed by atoms with Gasteiger partial charge >= 0.3 is 0 Å². The summed E-state index contributed by atoms with van der Waals surface area (Å²) < 4.78 is 5.58. The molecule has 0 spiro atoms. The van der Waals surface area contributed by atoms with Gasteiger partial charge in [-0.15, -0.1) is 0 Å². The second-order valence-electron chi connectivity index (χ2n) is 10.4. The monoisotopic (exact) mass is 483 g/mol. The Bertz CT molecular complexity index is 952. The minimum atomic E-state index is -0.437. The first-order valence-corrected chi connectivity index (χ1v) is 12.5. The molecule has 35 heavy (non-hydrogen) atoms. The van der Waals surface area contributed by atoms with Crippen molar-refractivity contribution in [2.24, 2.45) is 10.4 Å². The molecular weight excluding hydrogens is 438 g/mol. The molecule has 1 aromatic carbocycles. The van der Waals surface area contributed by atoms with Crippen LogP contribution in [0.2, 0.25) is 0 Å². The van der Waals surface area contributed by atoms with E-state index in [2.05, 4.69) is 52.9 Å². The molecule has 2 rings (SSSR count). The zero-order valence-electron chi connectivity index (χ0n) is 23.2. The summed E-state index contributed by atoms with van der Waals surface area (Å²) in [5.41, 5.74) is 3.30. The topological polar surface area (TPSA) is 60.4 Å². The number of carbonyl (C=O) groups excluding carboxylic acids is 1. The number of aliphatic imine (C=N–C) groups is 1. The van der Waals surface area contributed by atoms with Crippen molar-refractivity contribution in [3.63, 3.8) is 0 Å². The van der Waals surface area contributed by atoms with Gasteiger partial charge in [-0.2, -0.15) is 0 Å². The van der Waals surface area contributed by atoms with Gasteiger partial charge in [-0.3, -0.25) is 4.79 Å². The van der Waals surface area contributed by atoms with Crippen LogP contribution in [0.5, 0.6) is 5.75 Å². The second kappa shape index (κ2) is 12.2. The van der Waals surface area contributed by atoms with Gasteiger partial charge < -0.3 is 24.8 Å². The minimum Gasteiger partial charge on any atom is -0.495 e. The highest BCUT2D eigenvalue weighted by molar-refractivity contribution is 5.91. The van der Waals surface area contributed by atoms with Gasteiger partial charge in [-0.25, -0.2) is 4.99 Å². The van der Waals surface area contributed by atoms with Gasteiger partial charge in [0.05, 0.1) is 24.7 Å². The Balaban J connectivity index is 2.17. The first-order valence-electron chi connectivity index (χ1n) is 12.5. The first-order chi connectivity index (χ1) is 16.4. The van der Waals surface area contributed by atoms with Crippen LogP contribution in [0.1, 0.15) is 53.9 Å². The summed E-state index contributed by atoms with van der Waals surface area (Å²) in [6.45, 7) is 16.0. The predicted molar refractivity (Wildman–Crippen MR) is 148 cm³/mol. The third-order valence-corrected chi connectivity index (χ3v) is 7.01. The van der Waals surface area contributed by atoms with E-state index < -0.39 is 5.41 Å². The largest absolute Gasteiger partial charge is 0.495 e. The quantitative estimate of drug-likeness (QED) is 0.454. The maximum absolute atomic E-state index is 13.0. The van der Waals surface area contributed by atoms with Crippen LogP contribution < -0.4 is 15.0 Å². The fourth-order valence-corrected chi connectivity index (χ4v) is 4.22. The fraction of sp³-hybridized carbons (Fsp3) is 0.571. The van der Waals surface area contributed by atoms with E-state index in [1.54, 1.807) is 25.3 Å². The lowest BCUT2D eigenvalue weighted by atomic mass is 9.88. The highest BCUT2D eigenvalue weighted by atomic mass is 16.5. The number of allylic oxidation sites excluding steroid dienone is 2. The van der Waals surface area contributed by atoms with E-state index in [1.165, 1.54) is 0 Å². The molecule has 1 N–H and O–H groups in total. The molecule has 1 aromatic rings. The number of amides is 1. The number of benzene rings is 1. The third-order valence-electron chi connectivity index (χ3n) is 7.01. The molecule has 1 amide bonds. The van der Waals surface area contributed by atoms with Crippen LogP contribution in [0.3, 0.4) is 0 Å². The zero-order valence-corrected chi connectivity index (χ0v) is 23.2. The molecule has 1 saturated heterocycles. The van der Waals surface area contributed by atoms with Crippen LogP contribution in [-0.2, 0) is 4.79 Å². The van der Waals surface area contributed by atoms with Gasteiger partial charge in [-0.1, -0.05) is 32.9 Å². The van der Waals surface area contributed by atoms with Crippen molar-refractivity contribution >= 4 is 23.5 Å². The molecule has 194 valence electrons. The molecular formula is C28H45N5O2. The summed E-state index contributed by atoms with van der Waals surface area (Å²) in [6, 6.07) is 6.81. The summed E-state index contributed by atoms with van der Waals surface area (Å²) >= 11 is 0. The number of ether oxygens (including phenoxy) is 1. The van der Waals surface area contributed by atoms with Crippen molar-refractivity contribution in [1.29, 1.82) is 0 Å². The third kappa shape index (κ3) is 7.34. The lowest BCUT2D eigenvalue weighted by molar-refractivity contribution is -0.136. The van der Waals surface area contributed by atoms with Gasteiger partial charge in [0.2, 0.25) is 5.91 Å². The molecule has 1 aliphatic heterocycles. The summed E-state index contributed by atoms with van der Waals surface area (Å²) in [6.07, 6.45) is 4.76. The van der Waals surface area contributed by atoms with Gasteiger partial charge in [0.15, 0.2) is 0 Å². The average Bonchev–Trinajstić information content (AvgIpc) is 2.83. The molecule has 0 aromatic heterocycles. The first kappa shape index (κ1) is 28.4. The molecule has 1 heterocycles. The SMILES string of the molecule is C=C(N=CC(=C(C)C)N(C)C(=O)C(C)(C)CC)Nc1cc(N2CCC(N(C)C)CC2)ccc1OC. The summed E-state index contributed by atoms with van der Waals surface area (Å²) in [7, 11) is 7.77. The summed E-state index contributed by atoms with van der Waals surface area (Å²) in [5, 5.41) is 3.29. The Morgan fingerprint density at radius 3 is 2.40 bits per heavy atom. The molecule has 7 nitrogen and oxygen atoms in total. The van der Waals surface area contributed by atoms with Crippen molar-refractivity contribution < 1.29 is 9.53 Å². The lowest BCUT2D eigenvalue weighted by Gasteiger charge is -2.36. The number of nitrogens with one attached hydrogen (secondary N) is 1. The number of piperidine rings is 1. The fourth-order valence-electron chi connectivity index (χ4n) is 4.22. The van der Waals surface area contributed by atoms with Crippen molar-refractivity contribution in [1.82, 2.24) is 9.80 Å². The summed E-state index contributed by atoms with van der Waals surface area (Å²) in [4.78, 5) is 23.9. The number of carbonyl (C=O) groups is 1. The van der Waals surface area contributed by atoms with Gasteiger partial charge in [0.25, 0.3) is 0 Å². The Hall–Kier alpha value is -2.80. The van der Waals surface area contributed by atoms with E-state index in [4.69, 9.17) is 4.74 Å². The standard InChI is InChI=1S/C28H45N5O2/c1-11-28(5,6)27(34)32(9)25(20(2)3)19-29-21(4)30-24-18-23(12-13-26(24)35-10)33-16-14-22(15-17-33)31(7)8/h12-13,18-19,22,30H,4,11,14-17H2,1-3,5-10H3. The minimum absolute atomic E-state index is 0.0635. The normalized spacial score (nSPS) is 14.9. The van der Waals surface area contributed by atoms with Gasteiger partial charge in [-0.05, 0) is 65.4 Å². The molecule has 0 saturated carbocycles. The molecule has 0 bridgehead atoms. The van der Waals surface area contributed by atoms with Crippen LogP contribution in [-0.4, -0.2) is 69.3 Å². The average molecular weight is 484 g/mol. The zero-order chi connectivity index (χ0) is 26.3. The lowest BCUT2D eigenvalue weighted by Crippen LogP contribution is -2.41. The Kier molecular flexibility index (Phi) is 9.95. The molecule has 1 fully saturated rings. The van der Waals surface area contributed by atoms with Crippen molar-refractivity contribution in [2.45, 2.75) is 59.9 Å². The van der Waals surface area contributed by atoms with E-state index in [1.807, 2.05) is 40.7 Å². The van der Waals surface area contributed by atoms with Crippen LogP contribution in [0.25, 0.3) is 0 Å².